The van der Waals surface area contributed by atoms with E-state index in [9.17, 15) is 0 Å². The van der Waals surface area contributed by atoms with Gasteiger partial charge < -0.3 is 4.90 Å². The summed E-state index contributed by atoms with van der Waals surface area (Å²) in [4.78, 5) is 2.56. The van der Waals surface area contributed by atoms with E-state index in [1.807, 2.05) is 0 Å². The van der Waals surface area contributed by atoms with Gasteiger partial charge in [-0.1, -0.05) is 37.6 Å². The minimum Gasteiger partial charge on any atom is -0.303 e. The van der Waals surface area contributed by atoms with Crippen LogP contribution in [0, 0.1) is 12.8 Å². The first-order chi connectivity index (χ1) is 8.02. The van der Waals surface area contributed by atoms with Crippen LogP contribution in [0.15, 0.2) is 18.2 Å². The molecule has 1 nitrogen and oxygen atoms in total. The van der Waals surface area contributed by atoms with Crippen LogP contribution >= 0.6 is 0 Å². The van der Waals surface area contributed by atoms with E-state index in [1.54, 1.807) is 11.1 Å². The van der Waals surface area contributed by atoms with Gasteiger partial charge in [0.25, 0.3) is 0 Å². The number of aryl methyl sites for hydroxylation is 1. The predicted molar refractivity (Wildman–Crippen MR) is 72.4 cm³/mol. The van der Waals surface area contributed by atoms with Crippen LogP contribution in [0.3, 0.4) is 0 Å². The molecule has 1 aliphatic heterocycles. The summed E-state index contributed by atoms with van der Waals surface area (Å²) in [5.74, 6) is 0.774. The summed E-state index contributed by atoms with van der Waals surface area (Å²) < 4.78 is 0. The van der Waals surface area contributed by atoms with E-state index in [0.29, 0.717) is 5.41 Å². The van der Waals surface area contributed by atoms with E-state index in [0.717, 1.165) is 12.0 Å². The van der Waals surface area contributed by atoms with E-state index in [1.165, 1.54) is 24.9 Å². The zero-order chi connectivity index (χ0) is 12.2. The van der Waals surface area contributed by atoms with E-state index >= 15 is 0 Å². The highest BCUT2D eigenvalue weighted by atomic mass is 15.1. The predicted octanol–water partition coefficient (Wildman–Crippen LogP) is 3.15. The molecule has 0 N–H and O–H groups in total. The third kappa shape index (κ3) is 1.48. The number of fused-ring (bicyclic) bond motifs is 4. The van der Waals surface area contributed by atoms with Crippen LogP contribution in [-0.4, -0.2) is 24.5 Å². The topological polar surface area (TPSA) is 3.24 Å². The largest absolute Gasteiger partial charge is 0.303 e. The summed E-state index contributed by atoms with van der Waals surface area (Å²) in [5.41, 5.74) is 5.04. The van der Waals surface area contributed by atoms with Crippen LogP contribution in [-0.2, 0) is 11.8 Å². The molecule has 0 radical (unpaired) electrons. The van der Waals surface area contributed by atoms with Gasteiger partial charge in [0.15, 0.2) is 0 Å². The van der Waals surface area contributed by atoms with Crippen LogP contribution < -0.4 is 0 Å². The summed E-state index contributed by atoms with van der Waals surface area (Å²) in [6.45, 7) is 8.40. The lowest BCUT2D eigenvalue weighted by Gasteiger charge is -2.53. The molecule has 2 bridgehead atoms. The standard InChI is InChI=1S/C16H23N/c1-11-5-6-13-10-15-12(2)16(3,14(13)9-11)7-8-17(15)4/h5-6,9,12,15H,7-8,10H2,1-4H3/t12?,15-,16-/m1/s1. The number of hydrogen-bond acceptors (Lipinski definition) is 1. The van der Waals surface area contributed by atoms with E-state index in [2.05, 4.69) is 50.9 Å². The molecule has 1 aromatic carbocycles. The molecule has 3 atom stereocenters. The third-order valence-electron chi connectivity index (χ3n) is 5.44. The molecule has 0 amide bonds. The highest BCUT2D eigenvalue weighted by Crippen LogP contribution is 2.48. The van der Waals surface area contributed by atoms with Crippen LogP contribution in [0.5, 0.6) is 0 Å². The fourth-order valence-electron chi connectivity index (χ4n) is 3.95. The molecule has 1 heteroatoms. The zero-order valence-electron chi connectivity index (χ0n) is 11.5. The lowest BCUT2D eigenvalue weighted by atomic mass is 9.59. The van der Waals surface area contributed by atoms with Crippen molar-refractivity contribution in [3.05, 3.63) is 34.9 Å². The Morgan fingerprint density at radius 3 is 2.88 bits per heavy atom. The Labute approximate surface area is 105 Å². The Hall–Kier alpha value is -0.820. The maximum atomic E-state index is 2.56. The van der Waals surface area contributed by atoms with E-state index in [-0.39, 0.29) is 0 Å². The van der Waals surface area contributed by atoms with Crippen molar-refractivity contribution in [1.82, 2.24) is 4.90 Å². The third-order valence-corrected chi connectivity index (χ3v) is 5.44. The van der Waals surface area contributed by atoms with Gasteiger partial charge in [0, 0.05) is 6.04 Å². The molecule has 1 aromatic rings. The molecule has 1 unspecified atom stereocenters. The fourth-order valence-corrected chi connectivity index (χ4v) is 3.95. The first-order valence-corrected chi connectivity index (χ1v) is 6.82. The van der Waals surface area contributed by atoms with E-state index < -0.39 is 0 Å². The second-order valence-electron chi connectivity index (χ2n) is 6.37. The summed E-state index contributed by atoms with van der Waals surface area (Å²) in [6.07, 6.45) is 2.54. The van der Waals surface area contributed by atoms with E-state index in [4.69, 9.17) is 0 Å². The van der Waals surface area contributed by atoms with Crippen molar-refractivity contribution in [1.29, 1.82) is 0 Å². The molecule has 3 rings (SSSR count). The number of benzene rings is 1. The van der Waals surface area contributed by atoms with Gasteiger partial charge in [0.1, 0.15) is 0 Å². The smallest absolute Gasteiger partial charge is 0.0167 e. The van der Waals surface area contributed by atoms with Gasteiger partial charge in [-0.25, -0.2) is 0 Å². The van der Waals surface area contributed by atoms with Crippen LogP contribution in [0.1, 0.15) is 37.0 Å². The summed E-state index contributed by atoms with van der Waals surface area (Å²) in [5, 5.41) is 0. The minimum atomic E-state index is 0.400. The number of likely N-dealkylation sites (N-methyl/N-ethyl adjacent to an activating group) is 1. The number of piperidine rings is 1. The van der Waals surface area contributed by atoms with Gasteiger partial charge >= 0.3 is 0 Å². The first-order valence-electron chi connectivity index (χ1n) is 6.82. The van der Waals surface area contributed by atoms with Crippen molar-refractivity contribution >= 4 is 0 Å². The van der Waals surface area contributed by atoms with Crippen molar-refractivity contribution in [2.75, 3.05) is 13.6 Å². The zero-order valence-corrected chi connectivity index (χ0v) is 11.5. The maximum absolute atomic E-state index is 2.56. The van der Waals surface area contributed by atoms with Crippen molar-refractivity contribution in [2.24, 2.45) is 5.92 Å². The summed E-state index contributed by atoms with van der Waals surface area (Å²) in [6, 6.07) is 7.81. The van der Waals surface area contributed by atoms with Crippen molar-refractivity contribution in [3.63, 3.8) is 0 Å². The molecule has 1 fully saturated rings. The van der Waals surface area contributed by atoms with Crippen molar-refractivity contribution in [2.45, 2.75) is 45.1 Å². The fraction of sp³-hybridized carbons (Fsp3) is 0.625. The molecule has 1 heterocycles. The Morgan fingerprint density at radius 2 is 2.12 bits per heavy atom. The normalized spacial score (nSPS) is 36.7. The van der Waals surface area contributed by atoms with Crippen LogP contribution in [0.25, 0.3) is 0 Å². The molecule has 0 spiro atoms. The first kappa shape index (κ1) is 11.3. The van der Waals surface area contributed by atoms with Gasteiger partial charge in [0.2, 0.25) is 0 Å². The monoisotopic (exact) mass is 229 g/mol. The average molecular weight is 229 g/mol. The van der Waals surface area contributed by atoms with Crippen molar-refractivity contribution in [3.8, 4) is 0 Å². The molecule has 0 aromatic heterocycles. The quantitative estimate of drug-likeness (QED) is 0.660. The molecule has 0 saturated carbocycles. The number of likely N-dealkylation sites (tertiary alicyclic amines) is 1. The Morgan fingerprint density at radius 1 is 1.35 bits per heavy atom. The van der Waals surface area contributed by atoms with Gasteiger partial charge in [-0.15, -0.1) is 0 Å². The number of nitrogens with zero attached hydrogens (tertiary/aromatic N) is 1. The Balaban J connectivity index is 2.16. The molecule has 1 aliphatic carbocycles. The Kier molecular flexibility index (Phi) is 2.38. The summed E-state index contributed by atoms with van der Waals surface area (Å²) >= 11 is 0. The molecular weight excluding hydrogens is 206 g/mol. The Bertz CT molecular complexity index is 451. The molecule has 1 saturated heterocycles. The second kappa shape index (κ2) is 3.58. The van der Waals surface area contributed by atoms with Gasteiger partial charge in [-0.2, -0.15) is 0 Å². The lowest BCUT2D eigenvalue weighted by molar-refractivity contribution is 0.0507. The van der Waals surface area contributed by atoms with Crippen LogP contribution in [0.2, 0.25) is 0 Å². The summed E-state index contributed by atoms with van der Waals surface area (Å²) in [7, 11) is 2.29. The number of rotatable bonds is 0. The molecule has 2 aliphatic rings. The van der Waals surface area contributed by atoms with Crippen LogP contribution in [0.4, 0.5) is 0 Å². The lowest BCUT2D eigenvalue weighted by Crippen LogP contribution is -2.56. The van der Waals surface area contributed by atoms with Crippen molar-refractivity contribution < 1.29 is 0 Å². The highest BCUT2D eigenvalue weighted by molar-refractivity contribution is 5.42. The highest BCUT2D eigenvalue weighted by Gasteiger charge is 2.47. The molecule has 92 valence electrons. The maximum Gasteiger partial charge on any atom is 0.0167 e. The van der Waals surface area contributed by atoms with Gasteiger partial charge in [0.05, 0.1) is 0 Å². The average Bonchev–Trinajstić information content (AvgIpc) is 2.30. The van der Waals surface area contributed by atoms with Gasteiger partial charge in [-0.05, 0) is 55.8 Å². The minimum absolute atomic E-state index is 0.400. The molecular formula is C16H23N. The second-order valence-corrected chi connectivity index (χ2v) is 6.37. The molecule has 17 heavy (non-hydrogen) atoms. The van der Waals surface area contributed by atoms with Gasteiger partial charge in [-0.3, -0.25) is 0 Å². The SMILES string of the molecule is Cc1ccc2c(c1)[C@]1(C)CCN(C)[C@H](C2)C1C. The number of hydrogen-bond donors (Lipinski definition) is 0.